The third-order valence-corrected chi connectivity index (χ3v) is 7.13. The van der Waals surface area contributed by atoms with Crippen LogP contribution in [0.2, 0.25) is 10.0 Å². The molecule has 3 aromatic rings. The lowest BCUT2D eigenvalue weighted by atomic mass is 10.0. The minimum atomic E-state index is -3.54. The molecule has 6 nitrogen and oxygen atoms in total. The fraction of sp³-hybridized carbons (Fsp3) is 0.294. The highest BCUT2D eigenvalue weighted by Crippen LogP contribution is 2.39. The Morgan fingerprint density at radius 1 is 1.33 bits per heavy atom. The fourth-order valence-electron chi connectivity index (χ4n) is 2.93. The van der Waals surface area contributed by atoms with E-state index in [1.807, 2.05) is 6.92 Å². The fourth-order valence-corrected chi connectivity index (χ4v) is 5.81. The van der Waals surface area contributed by atoms with Crippen LogP contribution in [-0.2, 0) is 15.8 Å². The minimum absolute atomic E-state index is 0.00749. The Balaban J connectivity index is 1.80. The van der Waals surface area contributed by atoms with E-state index in [1.54, 1.807) is 18.2 Å². The van der Waals surface area contributed by atoms with Gasteiger partial charge in [0, 0.05) is 32.1 Å². The number of hydrogen-bond acceptors (Lipinski definition) is 5. The van der Waals surface area contributed by atoms with Crippen molar-refractivity contribution in [1.82, 2.24) is 14.7 Å². The Kier molecular flexibility index (Phi) is 4.80. The van der Waals surface area contributed by atoms with Gasteiger partial charge in [0.1, 0.15) is 16.4 Å². The maximum absolute atomic E-state index is 12.7. The van der Waals surface area contributed by atoms with E-state index < -0.39 is 10.0 Å². The van der Waals surface area contributed by atoms with Crippen molar-refractivity contribution in [1.29, 1.82) is 0 Å². The van der Waals surface area contributed by atoms with Crippen LogP contribution in [0.3, 0.4) is 0 Å². The topological polar surface area (TPSA) is 91.9 Å². The van der Waals surface area contributed by atoms with Crippen LogP contribution in [0.25, 0.3) is 21.3 Å². The molecule has 1 aliphatic rings. The van der Waals surface area contributed by atoms with Crippen molar-refractivity contribution in [3.63, 3.8) is 0 Å². The quantitative estimate of drug-likeness (QED) is 0.626. The SMILES string of the molecule is Cc1sc2nc(CS(=O)(=O)NC3CC3)[nH]c(=O)c2c1-c1ccc(Cl)cc1Cl. The van der Waals surface area contributed by atoms with Crippen molar-refractivity contribution in [2.45, 2.75) is 31.6 Å². The number of rotatable bonds is 5. The Morgan fingerprint density at radius 2 is 2.07 bits per heavy atom. The molecule has 1 aromatic carbocycles. The summed E-state index contributed by atoms with van der Waals surface area (Å²) in [5, 5.41) is 1.34. The van der Waals surface area contributed by atoms with Crippen molar-refractivity contribution < 1.29 is 8.42 Å². The molecule has 0 radical (unpaired) electrons. The van der Waals surface area contributed by atoms with Crippen LogP contribution in [0.4, 0.5) is 0 Å². The molecule has 1 saturated carbocycles. The summed E-state index contributed by atoms with van der Waals surface area (Å²) >= 11 is 13.6. The molecule has 4 rings (SSSR count). The highest BCUT2D eigenvalue weighted by Gasteiger charge is 2.28. The first kappa shape index (κ1) is 18.9. The zero-order chi connectivity index (χ0) is 19.3. The van der Waals surface area contributed by atoms with Gasteiger partial charge < -0.3 is 4.98 Å². The molecule has 1 aliphatic carbocycles. The maximum Gasteiger partial charge on any atom is 0.260 e. The zero-order valence-electron chi connectivity index (χ0n) is 14.2. The van der Waals surface area contributed by atoms with E-state index in [-0.39, 0.29) is 23.2 Å². The lowest BCUT2D eigenvalue weighted by molar-refractivity contribution is 0.578. The van der Waals surface area contributed by atoms with E-state index in [9.17, 15) is 13.2 Å². The average Bonchev–Trinajstić information content (AvgIpc) is 3.27. The summed E-state index contributed by atoms with van der Waals surface area (Å²) in [5.74, 6) is -0.237. The molecule has 0 atom stereocenters. The molecule has 0 spiro atoms. The predicted molar refractivity (Wildman–Crippen MR) is 109 cm³/mol. The number of aromatic amines is 1. The van der Waals surface area contributed by atoms with Gasteiger partial charge in [0.25, 0.3) is 5.56 Å². The first-order valence-electron chi connectivity index (χ1n) is 8.21. The molecule has 10 heteroatoms. The predicted octanol–water partition coefficient (Wildman–Crippen LogP) is 3.85. The van der Waals surface area contributed by atoms with Crippen LogP contribution in [-0.4, -0.2) is 24.4 Å². The second-order valence-electron chi connectivity index (χ2n) is 6.50. The number of nitrogens with one attached hydrogen (secondary N) is 2. The smallest absolute Gasteiger partial charge is 0.260 e. The van der Waals surface area contributed by atoms with E-state index in [0.29, 0.717) is 31.4 Å². The van der Waals surface area contributed by atoms with Gasteiger partial charge in [-0.15, -0.1) is 11.3 Å². The Bertz CT molecular complexity index is 1210. The number of halogens is 2. The highest BCUT2D eigenvalue weighted by atomic mass is 35.5. The molecule has 2 N–H and O–H groups in total. The first-order chi connectivity index (χ1) is 12.7. The van der Waals surface area contributed by atoms with E-state index >= 15 is 0 Å². The summed E-state index contributed by atoms with van der Waals surface area (Å²) < 4.78 is 26.9. The highest BCUT2D eigenvalue weighted by molar-refractivity contribution is 7.88. The van der Waals surface area contributed by atoms with Gasteiger partial charge in [-0.3, -0.25) is 4.79 Å². The van der Waals surface area contributed by atoms with Crippen molar-refractivity contribution in [2.24, 2.45) is 0 Å². The number of fused-ring (bicyclic) bond motifs is 1. The van der Waals surface area contributed by atoms with Gasteiger partial charge >= 0.3 is 0 Å². The van der Waals surface area contributed by atoms with Crippen LogP contribution in [0.1, 0.15) is 23.5 Å². The first-order valence-corrected chi connectivity index (χ1v) is 11.4. The molecule has 1 fully saturated rings. The zero-order valence-corrected chi connectivity index (χ0v) is 17.3. The molecular weight excluding hydrogens is 429 g/mol. The maximum atomic E-state index is 12.7. The van der Waals surface area contributed by atoms with Crippen molar-refractivity contribution in [3.8, 4) is 11.1 Å². The van der Waals surface area contributed by atoms with Crippen LogP contribution < -0.4 is 10.3 Å². The number of H-pyrrole nitrogens is 1. The van der Waals surface area contributed by atoms with Gasteiger partial charge in [-0.25, -0.2) is 18.1 Å². The second-order valence-corrected chi connectivity index (χ2v) is 10.3. The number of nitrogens with zero attached hydrogens (tertiary/aromatic N) is 1. The van der Waals surface area contributed by atoms with Crippen LogP contribution in [0.15, 0.2) is 23.0 Å². The lowest BCUT2D eigenvalue weighted by Crippen LogP contribution is -2.28. The van der Waals surface area contributed by atoms with E-state index in [4.69, 9.17) is 23.2 Å². The second kappa shape index (κ2) is 6.86. The largest absolute Gasteiger partial charge is 0.309 e. The average molecular weight is 444 g/mol. The standard InChI is InChI=1S/C17H15Cl2N3O3S2/c1-8-14(11-5-2-9(18)6-12(11)19)15-16(23)20-13(21-17(15)26-8)7-27(24,25)22-10-3-4-10/h2,5-6,10,22H,3-4,7H2,1H3,(H,20,21,23). The summed E-state index contributed by atoms with van der Waals surface area (Å²) in [4.78, 5) is 21.1. The summed E-state index contributed by atoms with van der Waals surface area (Å²) in [7, 11) is -3.54. The van der Waals surface area contributed by atoms with Crippen molar-refractivity contribution >= 4 is 54.8 Å². The number of benzene rings is 1. The number of aromatic nitrogens is 2. The molecule has 0 amide bonds. The molecule has 0 aliphatic heterocycles. The Hall–Kier alpha value is -1.45. The molecule has 27 heavy (non-hydrogen) atoms. The summed E-state index contributed by atoms with van der Waals surface area (Å²) in [6, 6.07) is 5.09. The number of thiophene rings is 1. The molecular formula is C17H15Cl2N3O3S2. The minimum Gasteiger partial charge on any atom is -0.309 e. The molecule has 2 aromatic heterocycles. The van der Waals surface area contributed by atoms with Gasteiger partial charge in [-0.2, -0.15) is 0 Å². The van der Waals surface area contributed by atoms with Gasteiger partial charge in [0.15, 0.2) is 0 Å². The van der Waals surface area contributed by atoms with Gasteiger partial charge in [-0.1, -0.05) is 29.3 Å². The normalized spacial score (nSPS) is 14.8. The van der Waals surface area contributed by atoms with Crippen LogP contribution in [0, 0.1) is 6.92 Å². The van der Waals surface area contributed by atoms with Gasteiger partial charge in [0.2, 0.25) is 10.0 Å². The lowest BCUT2D eigenvalue weighted by Gasteiger charge is -2.06. The Morgan fingerprint density at radius 3 is 2.74 bits per heavy atom. The summed E-state index contributed by atoms with van der Waals surface area (Å²) in [6.45, 7) is 1.87. The summed E-state index contributed by atoms with van der Waals surface area (Å²) in [5.41, 5.74) is 0.991. The van der Waals surface area contributed by atoms with E-state index in [0.717, 1.165) is 17.7 Å². The molecule has 0 bridgehead atoms. The van der Waals surface area contributed by atoms with E-state index in [2.05, 4.69) is 14.7 Å². The number of hydrogen-bond donors (Lipinski definition) is 2. The molecule has 142 valence electrons. The van der Waals surface area contributed by atoms with Crippen molar-refractivity contribution in [3.05, 3.63) is 49.3 Å². The van der Waals surface area contributed by atoms with Gasteiger partial charge in [0.05, 0.1) is 5.39 Å². The van der Waals surface area contributed by atoms with E-state index in [1.165, 1.54) is 11.3 Å². The molecule has 0 unspecified atom stereocenters. The monoisotopic (exact) mass is 443 g/mol. The van der Waals surface area contributed by atoms with Gasteiger partial charge in [-0.05, 0) is 31.9 Å². The van der Waals surface area contributed by atoms with Crippen molar-refractivity contribution in [2.75, 3.05) is 0 Å². The summed E-state index contributed by atoms with van der Waals surface area (Å²) in [6.07, 6.45) is 1.69. The molecule has 2 heterocycles. The number of aryl methyl sites for hydroxylation is 1. The van der Waals surface area contributed by atoms with Crippen LogP contribution in [0.5, 0.6) is 0 Å². The van der Waals surface area contributed by atoms with Crippen LogP contribution >= 0.6 is 34.5 Å². The number of sulfonamides is 1. The molecule has 0 saturated heterocycles. The third-order valence-electron chi connectivity index (χ3n) is 4.24. The Labute approximate surface area is 169 Å². The third kappa shape index (κ3) is 3.90.